The monoisotopic (exact) mass is 118 g/mol. The number of hydrogen-bond acceptors (Lipinski definition) is 1. The Morgan fingerprint density at radius 1 is 2.00 bits per heavy atom. The molecule has 0 aliphatic carbocycles. The van der Waals surface area contributed by atoms with Gasteiger partial charge in [0.25, 0.3) is 0 Å². The minimum Gasteiger partial charge on any atom is -0.302 e. The van der Waals surface area contributed by atoms with Crippen LogP contribution in [0.1, 0.15) is 0 Å². The molecule has 0 radical (unpaired) electrons. The third-order valence-corrected chi connectivity index (χ3v) is 1.03. The fourth-order valence-corrected chi connectivity index (χ4v) is 0.562. The molecule has 0 rings (SSSR count). The average Bonchev–Trinajstić information content (AvgIpc) is 1.68. The van der Waals surface area contributed by atoms with Gasteiger partial charge in [-0.3, -0.25) is 0 Å². The number of hydrogen-bond donors (Lipinski definition) is 0. The molecule has 0 N–H and O–H groups in total. The van der Waals surface area contributed by atoms with E-state index in [1.165, 1.54) is 0 Å². The van der Waals surface area contributed by atoms with Crippen LogP contribution < -0.4 is 0 Å². The topological polar surface area (TPSA) is 17.1 Å². The van der Waals surface area contributed by atoms with Gasteiger partial charge in [0.2, 0.25) is 0 Å². The van der Waals surface area contributed by atoms with Crippen molar-refractivity contribution in [3.05, 3.63) is 0 Å². The van der Waals surface area contributed by atoms with Gasteiger partial charge >= 0.3 is 0 Å². The first-order valence-electron chi connectivity index (χ1n) is 2.40. The molecule has 0 saturated heterocycles. The fraction of sp³-hybridized carbons (Fsp3) is 0.750. The summed E-state index contributed by atoms with van der Waals surface area (Å²) in [7, 11) is 0.979. The van der Waals surface area contributed by atoms with E-state index in [2.05, 4.69) is 0 Å². The van der Waals surface area contributed by atoms with Crippen LogP contribution in [0, 0.1) is 0 Å². The first-order chi connectivity index (χ1) is 3.31. The highest BCUT2D eigenvalue weighted by molar-refractivity contribution is 6.39. The fourth-order valence-electron chi connectivity index (χ4n) is 0.344. The SMILES string of the molecule is CBCC(Cl)C=O. The third-order valence-electron chi connectivity index (χ3n) is 0.712. The largest absolute Gasteiger partial charge is 0.302 e. The summed E-state index contributed by atoms with van der Waals surface area (Å²) in [5, 5.41) is -0.259. The van der Waals surface area contributed by atoms with Gasteiger partial charge in [0.15, 0.2) is 0 Å². The second-order valence-corrected chi connectivity index (χ2v) is 2.00. The standard InChI is InChI=1S/C4H8BClO/c1-5-2-4(6)3-7/h3-5H,2H2,1H3. The second kappa shape index (κ2) is 4.19. The van der Waals surface area contributed by atoms with Gasteiger partial charge in [-0.25, -0.2) is 0 Å². The first-order valence-corrected chi connectivity index (χ1v) is 2.84. The molecule has 1 nitrogen and oxygen atoms in total. The van der Waals surface area contributed by atoms with Crippen molar-refractivity contribution in [3.8, 4) is 0 Å². The van der Waals surface area contributed by atoms with Gasteiger partial charge < -0.3 is 4.79 Å². The van der Waals surface area contributed by atoms with Crippen LogP contribution in [0.2, 0.25) is 13.1 Å². The molecule has 0 aromatic rings. The van der Waals surface area contributed by atoms with E-state index >= 15 is 0 Å². The maximum Gasteiger partial charge on any atom is 0.137 e. The van der Waals surface area contributed by atoms with E-state index in [1.54, 1.807) is 0 Å². The Labute approximate surface area is 49.3 Å². The molecule has 1 unspecified atom stereocenters. The summed E-state index contributed by atoms with van der Waals surface area (Å²) < 4.78 is 0. The van der Waals surface area contributed by atoms with E-state index in [-0.39, 0.29) is 5.38 Å². The molecule has 0 aliphatic rings. The van der Waals surface area contributed by atoms with Crippen LogP contribution in [-0.4, -0.2) is 18.9 Å². The molecule has 0 saturated carbocycles. The number of rotatable bonds is 3. The molecule has 0 spiro atoms. The van der Waals surface area contributed by atoms with E-state index in [0.29, 0.717) is 0 Å². The van der Waals surface area contributed by atoms with Crippen LogP contribution in [0.4, 0.5) is 0 Å². The molecule has 0 aliphatic heterocycles. The van der Waals surface area contributed by atoms with Gasteiger partial charge in [-0.05, 0) is 0 Å². The van der Waals surface area contributed by atoms with Crippen molar-refractivity contribution in [2.24, 2.45) is 0 Å². The van der Waals surface area contributed by atoms with E-state index in [4.69, 9.17) is 11.6 Å². The van der Waals surface area contributed by atoms with E-state index < -0.39 is 0 Å². The minimum atomic E-state index is -0.259. The Balaban J connectivity index is 2.98. The summed E-state index contributed by atoms with van der Waals surface area (Å²) in [6.45, 7) is 2.00. The normalized spacial score (nSPS) is 12.9. The Hall–Kier alpha value is 0.0249. The maximum absolute atomic E-state index is 9.76. The summed E-state index contributed by atoms with van der Waals surface area (Å²) in [6, 6.07) is 0. The molecular weight excluding hydrogens is 110 g/mol. The lowest BCUT2D eigenvalue weighted by Gasteiger charge is -1.91. The number of carbonyl (C=O) groups is 1. The Bertz CT molecular complexity index is 57.7. The molecule has 1 atom stereocenters. The minimum absolute atomic E-state index is 0.259. The molecule has 0 aromatic carbocycles. The van der Waals surface area contributed by atoms with Crippen molar-refractivity contribution in [1.82, 2.24) is 0 Å². The molecule has 7 heavy (non-hydrogen) atoms. The van der Waals surface area contributed by atoms with Crippen molar-refractivity contribution in [2.45, 2.75) is 18.5 Å². The van der Waals surface area contributed by atoms with Crippen LogP contribution in [0.25, 0.3) is 0 Å². The van der Waals surface area contributed by atoms with Gasteiger partial charge in [-0.1, -0.05) is 13.1 Å². The highest BCUT2D eigenvalue weighted by Crippen LogP contribution is 1.95. The lowest BCUT2D eigenvalue weighted by molar-refractivity contribution is -0.107. The zero-order valence-electron chi connectivity index (χ0n) is 4.36. The first kappa shape index (κ1) is 7.02. The van der Waals surface area contributed by atoms with E-state index in [9.17, 15) is 4.79 Å². The van der Waals surface area contributed by atoms with E-state index in [1.807, 2.05) is 6.82 Å². The number of carbonyl (C=O) groups excluding carboxylic acids is 1. The summed E-state index contributed by atoms with van der Waals surface area (Å²) in [5.41, 5.74) is 0. The molecule has 0 fully saturated rings. The Kier molecular flexibility index (Phi) is 4.21. The van der Waals surface area contributed by atoms with Crippen molar-refractivity contribution >= 4 is 25.2 Å². The van der Waals surface area contributed by atoms with Gasteiger partial charge in [0.1, 0.15) is 13.6 Å². The molecule has 0 bridgehead atoms. The molecule has 0 amide bonds. The van der Waals surface area contributed by atoms with Crippen LogP contribution in [0.15, 0.2) is 0 Å². The lowest BCUT2D eigenvalue weighted by Crippen LogP contribution is -2.00. The van der Waals surface area contributed by atoms with Gasteiger partial charge in [-0.15, -0.1) is 11.6 Å². The summed E-state index contributed by atoms with van der Waals surface area (Å²) in [5.74, 6) is 0. The molecule has 3 heteroatoms. The zero-order valence-corrected chi connectivity index (χ0v) is 5.11. The van der Waals surface area contributed by atoms with Gasteiger partial charge in [0.05, 0.1) is 5.38 Å². The Morgan fingerprint density at radius 3 is 2.71 bits per heavy atom. The van der Waals surface area contributed by atoms with E-state index in [0.717, 1.165) is 19.9 Å². The predicted molar refractivity (Wildman–Crippen MR) is 33.5 cm³/mol. The van der Waals surface area contributed by atoms with Crippen molar-refractivity contribution in [1.29, 1.82) is 0 Å². The molecule has 40 valence electrons. The Morgan fingerprint density at radius 2 is 2.57 bits per heavy atom. The number of alkyl halides is 1. The summed E-state index contributed by atoms with van der Waals surface area (Å²) in [4.78, 5) is 9.76. The predicted octanol–water partition coefficient (Wildman–Crippen LogP) is 0.696. The van der Waals surface area contributed by atoms with Crippen molar-refractivity contribution < 1.29 is 4.79 Å². The molecular formula is C4H8BClO. The second-order valence-electron chi connectivity index (χ2n) is 1.44. The molecule has 0 aromatic heterocycles. The summed E-state index contributed by atoms with van der Waals surface area (Å²) >= 11 is 5.40. The van der Waals surface area contributed by atoms with Crippen LogP contribution in [-0.2, 0) is 4.79 Å². The molecule has 0 heterocycles. The highest BCUT2D eigenvalue weighted by Gasteiger charge is 1.97. The number of aldehydes is 1. The van der Waals surface area contributed by atoms with Crippen LogP contribution in [0.3, 0.4) is 0 Å². The zero-order chi connectivity index (χ0) is 5.70. The number of halogens is 1. The van der Waals surface area contributed by atoms with Gasteiger partial charge in [0, 0.05) is 0 Å². The highest BCUT2D eigenvalue weighted by atomic mass is 35.5. The van der Waals surface area contributed by atoms with Crippen LogP contribution >= 0.6 is 11.6 Å². The van der Waals surface area contributed by atoms with Crippen molar-refractivity contribution in [2.75, 3.05) is 0 Å². The van der Waals surface area contributed by atoms with Gasteiger partial charge in [-0.2, -0.15) is 0 Å². The summed E-state index contributed by atoms with van der Waals surface area (Å²) in [6.07, 6.45) is 1.57. The third kappa shape index (κ3) is 3.87. The van der Waals surface area contributed by atoms with Crippen LogP contribution in [0.5, 0.6) is 0 Å². The smallest absolute Gasteiger partial charge is 0.137 e. The maximum atomic E-state index is 9.76. The average molecular weight is 118 g/mol. The quantitative estimate of drug-likeness (QED) is 0.303. The lowest BCUT2D eigenvalue weighted by atomic mass is 9.77. The van der Waals surface area contributed by atoms with Crippen molar-refractivity contribution in [3.63, 3.8) is 0 Å².